The molecule has 6 aromatic rings. The third-order valence-corrected chi connectivity index (χ3v) is 7.75. The van der Waals surface area contributed by atoms with Crippen LogP contribution in [0.3, 0.4) is 0 Å². The Hall–Kier alpha value is -5.12. The van der Waals surface area contributed by atoms with E-state index in [1.54, 1.807) is 7.05 Å². The Morgan fingerprint density at radius 2 is 1.56 bits per heavy atom. The van der Waals surface area contributed by atoms with Gasteiger partial charge in [0.2, 0.25) is 0 Å². The molecule has 0 bridgehead atoms. The van der Waals surface area contributed by atoms with E-state index >= 15 is 0 Å². The first-order valence-electron chi connectivity index (χ1n) is 14.3. The summed E-state index contributed by atoms with van der Waals surface area (Å²) in [6, 6.07) is 25.4. The quantitative estimate of drug-likeness (QED) is 0.287. The molecule has 43 heavy (non-hydrogen) atoms. The topological polar surface area (TPSA) is 116 Å². The minimum Gasteiger partial charge on any atom is -0.318 e. The maximum Gasteiger partial charge on any atom is 0.333 e. The van der Waals surface area contributed by atoms with Crippen LogP contribution < -0.4 is 11.2 Å². The molecule has 0 aliphatic rings. The molecule has 0 radical (unpaired) electrons. The van der Waals surface area contributed by atoms with Gasteiger partial charge in [0.05, 0.1) is 6.04 Å². The van der Waals surface area contributed by atoms with E-state index in [1.165, 1.54) is 9.13 Å². The largest absolute Gasteiger partial charge is 0.333 e. The SMILES string of the molecule is CC(c1ccccc1)n1c(=O)c2c(nc(CC(C)(C)C)n2Cc2ccc(-c3ccccc3-c3nnn[nH]3)cc2)n(C)c1=O. The highest BCUT2D eigenvalue weighted by Gasteiger charge is 2.25. The number of imidazole rings is 1. The van der Waals surface area contributed by atoms with E-state index in [0.29, 0.717) is 30.0 Å². The fourth-order valence-corrected chi connectivity index (χ4v) is 5.57. The molecule has 0 spiro atoms. The number of rotatable bonds is 7. The molecule has 3 aromatic carbocycles. The maximum atomic E-state index is 14.2. The summed E-state index contributed by atoms with van der Waals surface area (Å²) in [5.74, 6) is 1.37. The number of aromatic amines is 1. The number of H-pyrrole nitrogens is 1. The Bertz CT molecular complexity index is 2010. The van der Waals surface area contributed by atoms with Gasteiger partial charge in [-0.1, -0.05) is 99.6 Å². The van der Waals surface area contributed by atoms with Gasteiger partial charge in [-0.05, 0) is 45.0 Å². The van der Waals surface area contributed by atoms with Crippen molar-refractivity contribution in [3.63, 3.8) is 0 Å². The van der Waals surface area contributed by atoms with E-state index in [-0.39, 0.29) is 16.7 Å². The lowest BCUT2D eigenvalue weighted by Gasteiger charge is -2.19. The van der Waals surface area contributed by atoms with Gasteiger partial charge in [0.25, 0.3) is 5.56 Å². The Morgan fingerprint density at radius 3 is 2.21 bits per heavy atom. The van der Waals surface area contributed by atoms with Crippen LogP contribution in [0.1, 0.15) is 50.7 Å². The summed E-state index contributed by atoms with van der Waals surface area (Å²) in [6.07, 6.45) is 0.639. The second kappa shape index (κ2) is 10.9. The molecule has 0 saturated heterocycles. The van der Waals surface area contributed by atoms with Gasteiger partial charge < -0.3 is 4.57 Å². The van der Waals surface area contributed by atoms with Crippen LogP contribution in [0.15, 0.2) is 88.5 Å². The van der Waals surface area contributed by atoms with E-state index in [9.17, 15) is 9.59 Å². The van der Waals surface area contributed by atoms with Gasteiger partial charge in [-0.3, -0.25) is 13.9 Å². The fourth-order valence-electron chi connectivity index (χ4n) is 5.57. The standard InChI is InChI=1S/C33H34N8O2/c1-21(23-11-7-6-8-12-23)41-31(42)28-30(39(5)32(41)43)34-27(19-33(2,3)4)40(28)20-22-15-17-24(18-16-22)25-13-9-10-14-26(25)29-35-37-38-36-29/h6-18,21H,19-20H2,1-5H3,(H,35,36,37,38). The Labute approximate surface area is 248 Å². The van der Waals surface area contributed by atoms with Crippen LogP contribution >= 0.6 is 0 Å². The Balaban J connectivity index is 1.46. The third-order valence-electron chi connectivity index (χ3n) is 7.75. The maximum absolute atomic E-state index is 14.2. The Morgan fingerprint density at radius 1 is 0.884 bits per heavy atom. The second-order valence-corrected chi connectivity index (χ2v) is 12.1. The molecule has 0 aliphatic carbocycles. The summed E-state index contributed by atoms with van der Waals surface area (Å²) >= 11 is 0. The van der Waals surface area contributed by atoms with Crippen molar-refractivity contribution in [3.05, 3.63) is 117 Å². The predicted molar refractivity (Wildman–Crippen MR) is 167 cm³/mol. The average Bonchev–Trinajstić information content (AvgIpc) is 3.65. The molecule has 1 atom stereocenters. The van der Waals surface area contributed by atoms with E-state index in [2.05, 4.69) is 65.7 Å². The monoisotopic (exact) mass is 574 g/mol. The molecule has 1 unspecified atom stereocenters. The van der Waals surface area contributed by atoms with Crippen LogP contribution in [0, 0.1) is 5.41 Å². The lowest BCUT2D eigenvalue weighted by Crippen LogP contribution is -2.41. The molecular formula is C33H34N8O2. The van der Waals surface area contributed by atoms with E-state index in [4.69, 9.17) is 4.98 Å². The highest BCUT2D eigenvalue weighted by Crippen LogP contribution is 2.30. The zero-order valence-electron chi connectivity index (χ0n) is 24.9. The average molecular weight is 575 g/mol. The highest BCUT2D eigenvalue weighted by molar-refractivity contribution is 5.80. The van der Waals surface area contributed by atoms with Gasteiger partial charge in [0.1, 0.15) is 5.82 Å². The molecule has 3 heterocycles. The van der Waals surface area contributed by atoms with Gasteiger partial charge in [0, 0.05) is 25.6 Å². The van der Waals surface area contributed by atoms with Crippen molar-refractivity contribution < 1.29 is 0 Å². The molecule has 0 amide bonds. The smallest absolute Gasteiger partial charge is 0.318 e. The van der Waals surface area contributed by atoms with Gasteiger partial charge in [-0.2, -0.15) is 0 Å². The zero-order valence-corrected chi connectivity index (χ0v) is 24.9. The third kappa shape index (κ3) is 5.31. The van der Waals surface area contributed by atoms with Crippen LogP contribution in [0.4, 0.5) is 0 Å². The van der Waals surface area contributed by atoms with Crippen molar-refractivity contribution in [2.75, 3.05) is 0 Å². The van der Waals surface area contributed by atoms with E-state index in [1.807, 2.05) is 66.1 Å². The summed E-state index contributed by atoms with van der Waals surface area (Å²) in [4.78, 5) is 32.6. The van der Waals surface area contributed by atoms with Gasteiger partial charge in [0.15, 0.2) is 17.0 Å². The number of nitrogens with one attached hydrogen (secondary N) is 1. The summed E-state index contributed by atoms with van der Waals surface area (Å²) in [5, 5.41) is 14.4. The van der Waals surface area contributed by atoms with Crippen LogP contribution in [0.5, 0.6) is 0 Å². The van der Waals surface area contributed by atoms with E-state index in [0.717, 1.165) is 33.6 Å². The number of tetrazole rings is 1. The molecule has 3 aromatic heterocycles. The summed E-state index contributed by atoms with van der Waals surface area (Å²) in [6.45, 7) is 8.74. The zero-order chi connectivity index (χ0) is 30.3. The number of benzene rings is 3. The molecule has 0 aliphatic heterocycles. The summed E-state index contributed by atoms with van der Waals surface area (Å²) < 4.78 is 4.83. The van der Waals surface area contributed by atoms with Crippen molar-refractivity contribution >= 4 is 11.2 Å². The van der Waals surface area contributed by atoms with E-state index < -0.39 is 6.04 Å². The van der Waals surface area contributed by atoms with Crippen molar-refractivity contribution in [2.24, 2.45) is 12.5 Å². The molecule has 0 fully saturated rings. The van der Waals surface area contributed by atoms with Gasteiger partial charge in [-0.25, -0.2) is 14.9 Å². The predicted octanol–water partition coefficient (Wildman–Crippen LogP) is 4.99. The van der Waals surface area contributed by atoms with Crippen molar-refractivity contribution in [3.8, 4) is 22.5 Å². The highest BCUT2D eigenvalue weighted by atomic mass is 16.2. The van der Waals surface area contributed by atoms with Crippen molar-refractivity contribution in [2.45, 2.75) is 46.7 Å². The van der Waals surface area contributed by atoms with Crippen LogP contribution in [-0.2, 0) is 20.0 Å². The van der Waals surface area contributed by atoms with Crippen LogP contribution in [0.25, 0.3) is 33.7 Å². The number of aryl methyl sites for hydroxylation is 1. The minimum absolute atomic E-state index is 0.0858. The first kappa shape index (κ1) is 28.0. The number of hydrogen-bond donors (Lipinski definition) is 1. The van der Waals surface area contributed by atoms with Gasteiger partial charge >= 0.3 is 5.69 Å². The van der Waals surface area contributed by atoms with Crippen molar-refractivity contribution in [1.29, 1.82) is 0 Å². The minimum atomic E-state index is -0.440. The number of nitrogens with zero attached hydrogens (tertiary/aromatic N) is 7. The first-order chi connectivity index (χ1) is 20.6. The first-order valence-corrected chi connectivity index (χ1v) is 14.3. The molecule has 10 nitrogen and oxygen atoms in total. The molecule has 6 rings (SSSR count). The van der Waals surface area contributed by atoms with Gasteiger partial charge in [-0.15, -0.1) is 5.10 Å². The summed E-state index contributed by atoms with van der Waals surface area (Å²) in [5.41, 5.74) is 4.84. The van der Waals surface area contributed by atoms with Crippen LogP contribution in [-0.4, -0.2) is 39.3 Å². The lowest BCUT2D eigenvalue weighted by molar-refractivity contribution is 0.394. The molecule has 218 valence electrons. The van der Waals surface area contributed by atoms with Crippen molar-refractivity contribution in [1.82, 2.24) is 39.3 Å². The second-order valence-electron chi connectivity index (χ2n) is 12.1. The lowest BCUT2D eigenvalue weighted by atomic mass is 9.92. The van der Waals surface area contributed by atoms with Crippen LogP contribution in [0.2, 0.25) is 0 Å². The number of hydrogen-bond acceptors (Lipinski definition) is 6. The summed E-state index contributed by atoms with van der Waals surface area (Å²) in [7, 11) is 1.69. The molecular weight excluding hydrogens is 540 g/mol. The molecule has 1 N–H and O–H groups in total. The number of fused-ring (bicyclic) bond motifs is 1. The molecule has 0 saturated carbocycles. The fraction of sp³-hybridized carbons (Fsp3) is 0.273. The molecule has 10 heteroatoms. The number of aromatic nitrogens is 8. The normalized spacial score (nSPS) is 12.6. The Kier molecular flexibility index (Phi) is 7.13.